The molecule has 1 aromatic rings. The maximum atomic E-state index is 11.0. The summed E-state index contributed by atoms with van der Waals surface area (Å²) in [7, 11) is 0. The molecule has 1 heterocycles. The van der Waals surface area contributed by atoms with E-state index >= 15 is 0 Å². The average molecular weight is 246 g/mol. The van der Waals surface area contributed by atoms with Crippen LogP contribution in [0, 0.1) is 0 Å². The van der Waals surface area contributed by atoms with Gasteiger partial charge in [-0.2, -0.15) is 0 Å². The molecule has 0 aromatic heterocycles. The lowest BCUT2D eigenvalue weighted by Crippen LogP contribution is -2.51. The Morgan fingerprint density at radius 2 is 2.00 bits per heavy atom. The summed E-state index contributed by atoms with van der Waals surface area (Å²) in [5.41, 5.74) is 2.76. The van der Waals surface area contributed by atoms with Crippen LogP contribution in [0.3, 0.4) is 0 Å². The van der Waals surface area contributed by atoms with Gasteiger partial charge in [0.2, 0.25) is 5.91 Å². The van der Waals surface area contributed by atoms with Gasteiger partial charge in [0.05, 0.1) is 6.54 Å². The topological polar surface area (TPSA) is 41.1 Å². The lowest BCUT2D eigenvalue weighted by Gasteiger charge is -2.24. The first-order valence-electron chi connectivity index (χ1n) is 6.74. The van der Waals surface area contributed by atoms with Gasteiger partial charge in [-0.25, -0.2) is 0 Å². The normalized spacial score (nSPS) is 19.9. The van der Waals surface area contributed by atoms with E-state index in [2.05, 4.69) is 48.7 Å². The summed E-state index contributed by atoms with van der Waals surface area (Å²) in [6, 6.07) is 9.28. The van der Waals surface area contributed by atoms with Crippen LogP contribution in [0.5, 0.6) is 0 Å². The highest BCUT2D eigenvalue weighted by Gasteiger charge is 2.16. The van der Waals surface area contributed by atoms with E-state index < -0.39 is 0 Å². The predicted molar refractivity (Wildman–Crippen MR) is 73.7 cm³/mol. The molecule has 1 aromatic carbocycles. The van der Waals surface area contributed by atoms with Gasteiger partial charge in [0.25, 0.3) is 0 Å². The van der Waals surface area contributed by atoms with Crippen molar-refractivity contribution in [2.75, 3.05) is 13.1 Å². The summed E-state index contributed by atoms with van der Waals surface area (Å²) in [5, 5.41) is 6.15. The number of aryl methyl sites for hydroxylation is 1. The Morgan fingerprint density at radius 1 is 1.28 bits per heavy atom. The van der Waals surface area contributed by atoms with Crippen molar-refractivity contribution in [3.63, 3.8) is 0 Å². The Hall–Kier alpha value is -1.35. The summed E-state index contributed by atoms with van der Waals surface area (Å²) >= 11 is 0. The molecule has 0 radical (unpaired) electrons. The van der Waals surface area contributed by atoms with Gasteiger partial charge >= 0.3 is 0 Å². The molecule has 3 nitrogen and oxygen atoms in total. The summed E-state index contributed by atoms with van der Waals surface area (Å²) in [6.45, 7) is 5.63. The predicted octanol–water partition coefficient (Wildman–Crippen LogP) is 1.83. The lowest BCUT2D eigenvalue weighted by atomic mass is 9.99. The van der Waals surface area contributed by atoms with Crippen LogP contribution in [-0.4, -0.2) is 25.0 Å². The van der Waals surface area contributed by atoms with Crippen molar-refractivity contribution in [1.82, 2.24) is 10.6 Å². The fraction of sp³-hybridized carbons (Fsp3) is 0.533. The van der Waals surface area contributed by atoms with Gasteiger partial charge in [-0.15, -0.1) is 0 Å². The lowest BCUT2D eigenvalue weighted by molar-refractivity contribution is -0.121. The van der Waals surface area contributed by atoms with Crippen molar-refractivity contribution >= 4 is 5.91 Å². The molecule has 1 atom stereocenters. The third-order valence-corrected chi connectivity index (χ3v) is 3.52. The molecule has 18 heavy (non-hydrogen) atoms. The van der Waals surface area contributed by atoms with E-state index in [1.54, 1.807) is 0 Å². The zero-order valence-corrected chi connectivity index (χ0v) is 11.2. The molecule has 2 N–H and O–H groups in total. The van der Waals surface area contributed by atoms with Crippen LogP contribution in [0.1, 0.15) is 37.3 Å². The van der Waals surface area contributed by atoms with Crippen molar-refractivity contribution in [2.45, 2.75) is 38.6 Å². The molecule has 1 fully saturated rings. The average Bonchev–Trinajstić information content (AvgIpc) is 2.38. The first-order valence-corrected chi connectivity index (χ1v) is 6.74. The number of rotatable bonds is 4. The van der Waals surface area contributed by atoms with E-state index in [1.807, 2.05) is 0 Å². The van der Waals surface area contributed by atoms with E-state index in [-0.39, 0.29) is 5.91 Å². The van der Waals surface area contributed by atoms with Crippen LogP contribution in [0.2, 0.25) is 0 Å². The summed E-state index contributed by atoms with van der Waals surface area (Å²) in [6.07, 6.45) is 2.13. The third kappa shape index (κ3) is 3.57. The van der Waals surface area contributed by atoms with E-state index in [9.17, 15) is 4.79 Å². The molecule has 1 saturated heterocycles. The standard InChI is InChI=1S/C15H22N2O/c1-11(2)13-6-3-12(4-7-13)5-8-14-9-17-15(18)10-16-14/h3-4,6-7,11,14,16H,5,8-10H2,1-2H3,(H,17,18). The zero-order chi connectivity index (χ0) is 13.0. The Balaban J connectivity index is 1.81. The van der Waals surface area contributed by atoms with Crippen LogP contribution >= 0.6 is 0 Å². The second-order valence-corrected chi connectivity index (χ2v) is 5.32. The minimum absolute atomic E-state index is 0.104. The smallest absolute Gasteiger partial charge is 0.234 e. The third-order valence-electron chi connectivity index (χ3n) is 3.52. The highest BCUT2D eigenvalue weighted by atomic mass is 16.2. The summed E-state index contributed by atoms with van der Waals surface area (Å²) in [5.74, 6) is 0.696. The van der Waals surface area contributed by atoms with Crippen molar-refractivity contribution in [3.05, 3.63) is 35.4 Å². The summed E-state index contributed by atoms with van der Waals surface area (Å²) < 4.78 is 0. The van der Waals surface area contributed by atoms with Crippen molar-refractivity contribution < 1.29 is 4.79 Å². The van der Waals surface area contributed by atoms with Crippen LogP contribution in [0.25, 0.3) is 0 Å². The molecule has 98 valence electrons. The molecular weight excluding hydrogens is 224 g/mol. The highest BCUT2D eigenvalue weighted by Crippen LogP contribution is 2.15. The SMILES string of the molecule is CC(C)c1ccc(CCC2CNC(=O)CN2)cc1. The molecule has 0 aliphatic carbocycles. The van der Waals surface area contributed by atoms with Crippen LogP contribution in [-0.2, 0) is 11.2 Å². The minimum Gasteiger partial charge on any atom is -0.353 e. The number of benzene rings is 1. The molecule has 0 bridgehead atoms. The summed E-state index contributed by atoms with van der Waals surface area (Å²) in [4.78, 5) is 11.0. The van der Waals surface area contributed by atoms with E-state index in [0.717, 1.165) is 19.4 Å². The monoisotopic (exact) mass is 246 g/mol. The number of piperazine rings is 1. The van der Waals surface area contributed by atoms with Crippen LogP contribution in [0.4, 0.5) is 0 Å². The van der Waals surface area contributed by atoms with Crippen LogP contribution in [0.15, 0.2) is 24.3 Å². The van der Waals surface area contributed by atoms with Crippen molar-refractivity contribution in [1.29, 1.82) is 0 Å². The molecular formula is C15H22N2O. The highest BCUT2D eigenvalue weighted by molar-refractivity contribution is 5.78. The first-order chi connectivity index (χ1) is 8.65. The Labute approximate surface area is 109 Å². The van der Waals surface area contributed by atoms with Gasteiger partial charge in [-0.3, -0.25) is 4.79 Å². The first kappa shape index (κ1) is 13.1. The molecule has 1 aliphatic rings. The number of hydrogen-bond donors (Lipinski definition) is 2. The van der Waals surface area contributed by atoms with Gasteiger partial charge < -0.3 is 10.6 Å². The number of amides is 1. The fourth-order valence-electron chi connectivity index (χ4n) is 2.22. The van der Waals surface area contributed by atoms with Gasteiger partial charge in [-0.1, -0.05) is 38.1 Å². The van der Waals surface area contributed by atoms with Gasteiger partial charge in [0, 0.05) is 12.6 Å². The molecule has 2 rings (SSSR count). The second-order valence-electron chi connectivity index (χ2n) is 5.32. The van der Waals surface area contributed by atoms with Crippen molar-refractivity contribution in [2.24, 2.45) is 0 Å². The van der Waals surface area contributed by atoms with Crippen molar-refractivity contribution in [3.8, 4) is 0 Å². The molecule has 1 amide bonds. The number of carbonyl (C=O) groups is 1. The largest absolute Gasteiger partial charge is 0.353 e. The van der Waals surface area contributed by atoms with Gasteiger partial charge in [0.15, 0.2) is 0 Å². The molecule has 3 heteroatoms. The second kappa shape index (κ2) is 6.01. The molecule has 0 spiro atoms. The number of hydrogen-bond acceptors (Lipinski definition) is 2. The fourth-order valence-corrected chi connectivity index (χ4v) is 2.22. The Kier molecular flexibility index (Phi) is 4.37. The maximum Gasteiger partial charge on any atom is 0.234 e. The maximum absolute atomic E-state index is 11.0. The van der Waals surface area contributed by atoms with Gasteiger partial charge in [-0.05, 0) is 29.9 Å². The minimum atomic E-state index is 0.104. The van der Waals surface area contributed by atoms with Crippen LogP contribution < -0.4 is 10.6 Å². The molecule has 1 aliphatic heterocycles. The quantitative estimate of drug-likeness (QED) is 0.851. The zero-order valence-electron chi connectivity index (χ0n) is 11.2. The van der Waals surface area contributed by atoms with E-state index in [1.165, 1.54) is 11.1 Å². The number of nitrogens with one attached hydrogen (secondary N) is 2. The van der Waals surface area contributed by atoms with E-state index in [0.29, 0.717) is 18.5 Å². The van der Waals surface area contributed by atoms with Gasteiger partial charge in [0.1, 0.15) is 0 Å². The Morgan fingerprint density at radius 3 is 2.56 bits per heavy atom. The Bertz CT molecular complexity index is 387. The molecule has 0 saturated carbocycles. The van der Waals surface area contributed by atoms with E-state index in [4.69, 9.17) is 0 Å². The molecule has 1 unspecified atom stereocenters. The number of carbonyl (C=O) groups excluding carboxylic acids is 1.